The van der Waals surface area contributed by atoms with Crippen LogP contribution in [0.4, 0.5) is 10.6 Å². The molecule has 0 saturated heterocycles. The van der Waals surface area contributed by atoms with Gasteiger partial charge in [0.25, 0.3) is 0 Å². The van der Waals surface area contributed by atoms with Crippen LogP contribution in [0.2, 0.25) is 10.0 Å². The van der Waals surface area contributed by atoms with Crippen molar-refractivity contribution in [2.45, 2.75) is 37.6 Å². The number of anilines is 1. The molecule has 0 unspecified atom stereocenters. The van der Waals surface area contributed by atoms with Crippen LogP contribution in [-0.4, -0.2) is 27.3 Å². The summed E-state index contributed by atoms with van der Waals surface area (Å²) < 4.78 is 5.91. The van der Waals surface area contributed by atoms with Crippen molar-refractivity contribution in [3.8, 4) is 11.5 Å². The first-order valence-electron chi connectivity index (χ1n) is 10.8. The molecule has 5 rings (SSSR count). The van der Waals surface area contributed by atoms with E-state index in [1.165, 1.54) is 0 Å². The van der Waals surface area contributed by atoms with Gasteiger partial charge in [-0.2, -0.15) is 0 Å². The van der Waals surface area contributed by atoms with Gasteiger partial charge in [0.2, 0.25) is 11.8 Å². The molecule has 1 fully saturated rings. The summed E-state index contributed by atoms with van der Waals surface area (Å²) in [6.45, 7) is 0. The van der Waals surface area contributed by atoms with Crippen molar-refractivity contribution in [2.75, 3.05) is 5.32 Å². The van der Waals surface area contributed by atoms with Crippen molar-refractivity contribution in [1.29, 1.82) is 0 Å². The number of rotatable bonds is 4. The van der Waals surface area contributed by atoms with Gasteiger partial charge in [-0.1, -0.05) is 23.2 Å². The number of aromatic nitrogens is 3. The number of carbonyl (C=O) groups excluding carboxylic acids is 1. The van der Waals surface area contributed by atoms with E-state index in [9.17, 15) is 4.79 Å². The molecule has 1 saturated carbocycles. The highest BCUT2D eigenvalue weighted by molar-refractivity contribution is 6.31. The number of carbonyl (C=O) groups is 1. The second kappa shape index (κ2) is 9.37. The summed E-state index contributed by atoms with van der Waals surface area (Å²) in [5.41, 5.74) is 1.62. The molecule has 168 valence electrons. The summed E-state index contributed by atoms with van der Waals surface area (Å²) >= 11 is 12.0. The lowest BCUT2D eigenvalue weighted by molar-refractivity contribution is 0.240. The van der Waals surface area contributed by atoms with Crippen LogP contribution in [0.15, 0.2) is 59.0 Å². The molecule has 0 atom stereocenters. The van der Waals surface area contributed by atoms with Gasteiger partial charge in [-0.15, -0.1) is 10.2 Å². The van der Waals surface area contributed by atoms with Gasteiger partial charge < -0.3 is 9.73 Å². The SMILES string of the molecule is O=C(Nc1ccc2cc(Cl)ccc2n1)NC1CCC(c2nnc(-c3ccc(Cl)cc3)o2)CC1. The van der Waals surface area contributed by atoms with Crippen molar-refractivity contribution < 1.29 is 9.21 Å². The Hall–Kier alpha value is -3.16. The quantitative estimate of drug-likeness (QED) is 0.349. The number of nitrogens with one attached hydrogen (secondary N) is 2. The maximum atomic E-state index is 12.5. The Kier molecular flexibility index (Phi) is 6.15. The molecular weight excluding hydrogens is 461 g/mol. The number of fused-ring (bicyclic) bond motifs is 1. The monoisotopic (exact) mass is 481 g/mol. The lowest BCUT2D eigenvalue weighted by Crippen LogP contribution is -2.40. The number of hydrogen-bond acceptors (Lipinski definition) is 5. The van der Waals surface area contributed by atoms with Crippen molar-refractivity contribution >= 4 is 46.0 Å². The van der Waals surface area contributed by atoms with E-state index in [1.807, 2.05) is 30.3 Å². The fraction of sp³-hybridized carbons (Fsp3) is 0.250. The number of pyridine rings is 1. The highest BCUT2D eigenvalue weighted by Crippen LogP contribution is 2.33. The van der Waals surface area contributed by atoms with Crippen LogP contribution >= 0.6 is 23.2 Å². The van der Waals surface area contributed by atoms with E-state index >= 15 is 0 Å². The lowest BCUT2D eigenvalue weighted by atomic mass is 9.86. The van der Waals surface area contributed by atoms with Gasteiger partial charge in [0.05, 0.1) is 5.52 Å². The van der Waals surface area contributed by atoms with E-state index in [2.05, 4.69) is 25.8 Å². The number of benzene rings is 2. The van der Waals surface area contributed by atoms with Gasteiger partial charge >= 0.3 is 6.03 Å². The fourth-order valence-electron chi connectivity index (χ4n) is 4.10. The molecule has 7 nitrogen and oxygen atoms in total. The van der Waals surface area contributed by atoms with E-state index in [-0.39, 0.29) is 18.0 Å². The van der Waals surface area contributed by atoms with Gasteiger partial charge in [-0.3, -0.25) is 5.32 Å². The molecule has 2 aromatic carbocycles. The minimum Gasteiger partial charge on any atom is -0.420 e. The summed E-state index contributed by atoms with van der Waals surface area (Å²) in [5.74, 6) is 1.82. The molecule has 2 amide bonds. The first-order chi connectivity index (χ1) is 16.0. The molecule has 2 heterocycles. The lowest BCUT2D eigenvalue weighted by Gasteiger charge is -2.27. The molecule has 0 spiro atoms. The fourth-order valence-corrected chi connectivity index (χ4v) is 4.40. The smallest absolute Gasteiger partial charge is 0.320 e. The third-order valence-electron chi connectivity index (χ3n) is 5.84. The minimum atomic E-state index is -0.262. The Labute approximate surface area is 200 Å². The number of urea groups is 1. The molecule has 33 heavy (non-hydrogen) atoms. The predicted molar refractivity (Wildman–Crippen MR) is 129 cm³/mol. The molecule has 0 bridgehead atoms. The summed E-state index contributed by atoms with van der Waals surface area (Å²) in [4.78, 5) is 16.9. The van der Waals surface area contributed by atoms with Crippen LogP contribution in [0.5, 0.6) is 0 Å². The first kappa shape index (κ1) is 21.7. The number of amides is 2. The van der Waals surface area contributed by atoms with Crippen molar-refractivity contribution in [3.05, 3.63) is 70.5 Å². The second-order valence-electron chi connectivity index (χ2n) is 8.13. The molecule has 4 aromatic rings. The average molecular weight is 482 g/mol. The van der Waals surface area contributed by atoms with Gasteiger partial charge in [0.15, 0.2) is 0 Å². The molecule has 0 aliphatic heterocycles. The van der Waals surface area contributed by atoms with Crippen LogP contribution in [0.1, 0.15) is 37.5 Å². The van der Waals surface area contributed by atoms with E-state index in [4.69, 9.17) is 27.6 Å². The van der Waals surface area contributed by atoms with Crippen molar-refractivity contribution in [3.63, 3.8) is 0 Å². The Morgan fingerprint density at radius 3 is 2.45 bits per heavy atom. The number of hydrogen-bond donors (Lipinski definition) is 2. The van der Waals surface area contributed by atoms with Crippen LogP contribution in [0, 0.1) is 0 Å². The van der Waals surface area contributed by atoms with Gasteiger partial charge in [-0.05, 0) is 80.3 Å². The van der Waals surface area contributed by atoms with Crippen LogP contribution < -0.4 is 10.6 Å². The zero-order valence-electron chi connectivity index (χ0n) is 17.6. The van der Waals surface area contributed by atoms with Crippen molar-refractivity contribution in [1.82, 2.24) is 20.5 Å². The van der Waals surface area contributed by atoms with E-state index in [0.29, 0.717) is 27.6 Å². The molecule has 0 radical (unpaired) electrons. The number of halogens is 2. The van der Waals surface area contributed by atoms with E-state index < -0.39 is 0 Å². The molecular formula is C24H21Cl2N5O2. The minimum absolute atomic E-state index is 0.0826. The number of nitrogens with zero attached hydrogens (tertiary/aromatic N) is 3. The molecule has 2 aromatic heterocycles. The zero-order valence-corrected chi connectivity index (χ0v) is 19.1. The van der Waals surface area contributed by atoms with E-state index in [0.717, 1.165) is 42.1 Å². The Balaban J connectivity index is 1.14. The molecule has 1 aliphatic carbocycles. The Morgan fingerprint density at radius 1 is 0.909 bits per heavy atom. The van der Waals surface area contributed by atoms with Gasteiger partial charge in [0.1, 0.15) is 5.82 Å². The van der Waals surface area contributed by atoms with Crippen LogP contribution in [0.25, 0.3) is 22.4 Å². The molecule has 1 aliphatic rings. The largest absolute Gasteiger partial charge is 0.420 e. The predicted octanol–water partition coefficient (Wildman–Crippen LogP) is 6.44. The standard InChI is InChI=1S/C24H21Cl2N5O2/c25-17-6-1-14(2-7-17)22-30-31-23(33-22)15-3-9-19(10-4-15)27-24(32)29-21-12-5-16-13-18(26)8-11-20(16)28-21/h1-2,5-8,11-13,15,19H,3-4,9-10H2,(H2,27,28,29,32). The van der Waals surface area contributed by atoms with Crippen molar-refractivity contribution in [2.24, 2.45) is 0 Å². The second-order valence-corrected chi connectivity index (χ2v) is 9.01. The maximum Gasteiger partial charge on any atom is 0.320 e. The van der Waals surface area contributed by atoms with Crippen LogP contribution in [-0.2, 0) is 0 Å². The molecule has 2 N–H and O–H groups in total. The van der Waals surface area contributed by atoms with Gasteiger partial charge in [-0.25, -0.2) is 9.78 Å². The first-order valence-corrected chi connectivity index (χ1v) is 11.5. The third-order valence-corrected chi connectivity index (χ3v) is 6.32. The topological polar surface area (TPSA) is 92.9 Å². The van der Waals surface area contributed by atoms with Crippen LogP contribution in [0.3, 0.4) is 0 Å². The summed E-state index contributed by atoms with van der Waals surface area (Å²) in [7, 11) is 0. The highest BCUT2D eigenvalue weighted by Gasteiger charge is 2.27. The van der Waals surface area contributed by atoms with Gasteiger partial charge in [0, 0.05) is 33.0 Å². The maximum absolute atomic E-state index is 12.5. The molecule has 9 heteroatoms. The normalized spacial score (nSPS) is 18.2. The summed E-state index contributed by atoms with van der Waals surface area (Å²) in [6, 6.07) is 16.2. The third kappa shape index (κ3) is 5.10. The Bertz CT molecular complexity index is 1280. The zero-order chi connectivity index (χ0) is 22.8. The summed E-state index contributed by atoms with van der Waals surface area (Å²) in [6.07, 6.45) is 3.39. The Morgan fingerprint density at radius 2 is 1.67 bits per heavy atom. The average Bonchev–Trinajstić information content (AvgIpc) is 3.30. The van der Waals surface area contributed by atoms with E-state index in [1.54, 1.807) is 24.3 Å². The summed E-state index contributed by atoms with van der Waals surface area (Å²) in [5, 5.41) is 16.5. The highest BCUT2D eigenvalue weighted by atomic mass is 35.5.